The molecule has 0 atom stereocenters. The third-order valence-corrected chi connectivity index (χ3v) is 1.24. The van der Waals surface area contributed by atoms with Crippen molar-refractivity contribution in [3.63, 3.8) is 0 Å². The molecule has 0 aliphatic carbocycles. The standard InChI is InChI=1S/C7H16N2/c1-8-6-4-3-5-7-9-2/h9H,1,3-7H2,2H3. The van der Waals surface area contributed by atoms with Crippen LogP contribution in [0.3, 0.4) is 0 Å². The molecule has 0 aliphatic rings. The number of hydrogen-bond acceptors (Lipinski definition) is 2. The van der Waals surface area contributed by atoms with Gasteiger partial charge in [0.2, 0.25) is 0 Å². The zero-order chi connectivity index (χ0) is 6.95. The molecule has 1 N–H and O–H groups in total. The maximum atomic E-state index is 3.76. The van der Waals surface area contributed by atoms with Crippen LogP contribution in [0.1, 0.15) is 19.3 Å². The number of rotatable bonds is 6. The summed E-state index contributed by atoms with van der Waals surface area (Å²) in [6.07, 6.45) is 3.71. The molecule has 0 spiro atoms. The minimum atomic E-state index is 0.920. The Kier molecular flexibility index (Phi) is 7.32. The molecule has 0 saturated carbocycles. The first-order chi connectivity index (χ1) is 4.41. The van der Waals surface area contributed by atoms with Gasteiger partial charge in [-0.15, -0.1) is 0 Å². The van der Waals surface area contributed by atoms with Crippen LogP contribution in [0.15, 0.2) is 4.99 Å². The minimum Gasteiger partial charge on any atom is -0.320 e. The molecule has 0 heterocycles. The number of unbranched alkanes of at least 4 members (excludes halogenated alkanes) is 2. The normalized spacial score (nSPS) is 9.44. The lowest BCUT2D eigenvalue weighted by Crippen LogP contribution is -2.07. The molecule has 54 valence electrons. The first-order valence-corrected chi connectivity index (χ1v) is 3.49. The largest absolute Gasteiger partial charge is 0.320 e. The van der Waals surface area contributed by atoms with Gasteiger partial charge in [-0.3, -0.25) is 0 Å². The monoisotopic (exact) mass is 128 g/mol. The third kappa shape index (κ3) is 7.63. The summed E-state index contributed by atoms with van der Waals surface area (Å²) in [7, 11) is 1.98. The van der Waals surface area contributed by atoms with Crippen molar-refractivity contribution in [1.29, 1.82) is 0 Å². The van der Waals surface area contributed by atoms with Gasteiger partial charge in [-0.2, -0.15) is 0 Å². The maximum absolute atomic E-state index is 3.76. The van der Waals surface area contributed by atoms with Gasteiger partial charge in [0.1, 0.15) is 0 Å². The van der Waals surface area contributed by atoms with E-state index in [1.165, 1.54) is 19.3 Å². The highest BCUT2D eigenvalue weighted by atomic mass is 14.8. The summed E-state index contributed by atoms with van der Waals surface area (Å²) in [6, 6.07) is 0. The molecule has 0 amide bonds. The average Bonchev–Trinajstić information content (AvgIpc) is 1.89. The lowest BCUT2D eigenvalue weighted by molar-refractivity contribution is 0.649. The second kappa shape index (κ2) is 7.63. The molecule has 0 aromatic carbocycles. The van der Waals surface area contributed by atoms with E-state index in [4.69, 9.17) is 0 Å². The summed E-state index contributed by atoms with van der Waals surface area (Å²) in [5, 5.41) is 3.10. The Morgan fingerprint density at radius 2 is 2.11 bits per heavy atom. The van der Waals surface area contributed by atoms with Crippen LogP contribution < -0.4 is 5.32 Å². The van der Waals surface area contributed by atoms with Gasteiger partial charge >= 0.3 is 0 Å². The number of aliphatic imine (C=N–C) groups is 1. The Bertz CT molecular complexity index is 61.9. The summed E-state index contributed by atoms with van der Waals surface area (Å²) in [6.45, 7) is 5.46. The van der Waals surface area contributed by atoms with Crippen molar-refractivity contribution in [3.8, 4) is 0 Å². The van der Waals surface area contributed by atoms with E-state index < -0.39 is 0 Å². The van der Waals surface area contributed by atoms with Gasteiger partial charge in [-0.05, 0) is 33.2 Å². The van der Waals surface area contributed by atoms with Crippen LogP contribution in [0.2, 0.25) is 0 Å². The van der Waals surface area contributed by atoms with Crippen molar-refractivity contribution in [1.82, 2.24) is 5.32 Å². The van der Waals surface area contributed by atoms with Gasteiger partial charge in [0.15, 0.2) is 0 Å². The van der Waals surface area contributed by atoms with E-state index in [1.54, 1.807) is 0 Å². The molecule has 2 heteroatoms. The zero-order valence-electron chi connectivity index (χ0n) is 6.19. The highest BCUT2D eigenvalue weighted by Crippen LogP contribution is 1.92. The van der Waals surface area contributed by atoms with Crippen LogP contribution in [0.4, 0.5) is 0 Å². The Morgan fingerprint density at radius 1 is 1.33 bits per heavy atom. The summed E-state index contributed by atoms with van der Waals surface area (Å²) in [4.78, 5) is 3.76. The smallest absolute Gasteiger partial charge is 0.0382 e. The topological polar surface area (TPSA) is 24.4 Å². The van der Waals surface area contributed by atoms with Crippen LogP contribution in [0.5, 0.6) is 0 Å². The van der Waals surface area contributed by atoms with Gasteiger partial charge < -0.3 is 10.3 Å². The fourth-order valence-electron chi connectivity index (χ4n) is 0.702. The summed E-state index contributed by atoms with van der Waals surface area (Å²) in [5.74, 6) is 0. The molecule has 2 nitrogen and oxygen atoms in total. The highest BCUT2D eigenvalue weighted by Gasteiger charge is 1.84. The third-order valence-electron chi connectivity index (χ3n) is 1.24. The van der Waals surface area contributed by atoms with Crippen molar-refractivity contribution >= 4 is 6.72 Å². The minimum absolute atomic E-state index is 0.920. The van der Waals surface area contributed by atoms with Crippen molar-refractivity contribution < 1.29 is 0 Å². The van der Waals surface area contributed by atoms with Gasteiger partial charge in [0.05, 0.1) is 0 Å². The maximum Gasteiger partial charge on any atom is 0.0382 e. The predicted molar refractivity (Wildman–Crippen MR) is 42.2 cm³/mol. The SMILES string of the molecule is C=NCCCCCNC. The average molecular weight is 128 g/mol. The molecule has 0 rings (SSSR count). The lowest BCUT2D eigenvalue weighted by Gasteiger charge is -1.96. The van der Waals surface area contributed by atoms with Crippen LogP contribution in [-0.4, -0.2) is 26.9 Å². The molecule has 0 saturated heterocycles. The van der Waals surface area contributed by atoms with Gasteiger partial charge in [0.25, 0.3) is 0 Å². The van der Waals surface area contributed by atoms with Gasteiger partial charge in [-0.1, -0.05) is 6.42 Å². The first-order valence-electron chi connectivity index (χ1n) is 3.49. The fraction of sp³-hybridized carbons (Fsp3) is 0.857. The first kappa shape index (κ1) is 8.63. The molecule has 0 fully saturated rings. The quantitative estimate of drug-likeness (QED) is 0.420. The lowest BCUT2D eigenvalue weighted by atomic mass is 10.2. The Hall–Kier alpha value is -0.370. The number of nitrogens with one attached hydrogen (secondary N) is 1. The van der Waals surface area contributed by atoms with Crippen molar-refractivity contribution in [3.05, 3.63) is 0 Å². The summed E-state index contributed by atoms with van der Waals surface area (Å²) < 4.78 is 0. The van der Waals surface area contributed by atoms with E-state index in [2.05, 4.69) is 17.0 Å². The van der Waals surface area contributed by atoms with E-state index in [9.17, 15) is 0 Å². The molecule has 9 heavy (non-hydrogen) atoms. The fourth-order valence-corrected chi connectivity index (χ4v) is 0.702. The van der Waals surface area contributed by atoms with E-state index >= 15 is 0 Å². The molecule has 0 aromatic rings. The molecule has 0 radical (unpaired) electrons. The van der Waals surface area contributed by atoms with Crippen LogP contribution in [0.25, 0.3) is 0 Å². The molecule has 0 unspecified atom stereocenters. The zero-order valence-corrected chi connectivity index (χ0v) is 6.19. The highest BCUT2D eigenvalue weighted by molar-refractivity contribution is 5.22. The Morgan fingerprint density at radius 3 is 2.67 bits per heavy atom. The van der Waals surface area contributed by atoms with Gasteiger partial charge in [-0.25, -0.2) is 0 Å². The van der Waals surface area contributed by atoms with Crippen LogP contribution >= 0.6 is 0 Å². The molecular formula is C7H16N2. The summed E-state index contributed by atoms with van der Waals surface area (Å²) >= 11 is 0. The molecule has 0 bridgehead atoms. The van der Waals surface area contributed by atoms with E-state index in [1.807, 2.05) is 7.05 Å². The van der Waals surface area contributed by atoms with Crippen molar-refractivity contribution in [2.24, 2.45) is 4.99 Å². The second-order valence-corrected chi connectivity index (χ2v) is 2.11. The van der Waals surface area contributed by atoms with Crippen molar-refractivity contribution in [2.45, 2.75) is 19.3 Å². The second-order valence-electron chi connectivity index (χ2n) is 2.11. The Balaban J connectivity index is 2.66. The van der Waals surface area contributed by atoms with Crippen LogP contribution in [-0.2, 0) is 0 Å². The predicted octanol–water partition coefficient (Wildman–Crippen LogP) is 1.08. The summed E-state index contributed by atoms with van der Waals surface area (Å²) in [5.41, 5.74) is 0. The molecule has 0 aliphatic heterocycles. The molecule has 0 aromatic heterocycles. The van der Waals surface area contributed by atoms with Crippen molar-refractivity contribution in [2.75, 3.05) is 20.1 Å². The Labute approximate surface area is 57.4 Å². The van der Waals surface area contributed by atoms with Crippen LogP contribution in [0, 0.1) is 0 Å². The van der Waals surface area contributed by atoms with Gasteiger partial charge in [0, 0.05) is 6.54 Å². The molecular weight excluding hydrogens is 112 g/mol. The van der Waals surface area contributed by atoms with E-state index in [0.717, 1.165) is 13.1 Å². The van der Waals surface area contributed by atoms with E-state index in [-0.39, 0.29) is 0 Å². The number of hydrogen-bond donors (Lipinski definition) is 1. The van der Waals surface area contributed by atoms with E-state index in [0.29, 0.717) is 0 Å². The number of nitrogens with zero attached hydrogens (tertiary/aromatic N) is 1.